The molecule has 0 bridgehead atoms. The van der Waals surface area contributed by atoms with E-state index in [0.717, 1.165) is 23.9 Å². The van der Waals surface area contributed by atoms with E-state index in [2.05, 4.69) is 24.3 Å². The molecule has 0 radical (unpaired) electrons. The molecule has 0 saturated heterocycles. The molecule has 22 heavy (non-hydrogen) atoms. The second kappa shape index (κ2) is 6.71. The molecule has 2 atom stereocenters. The lowest BCUT2D eigenvalue weighted by Crippen LogP contribution is -2.59. The lowest BCUT2D eigenvalue weighted by atomic mass is 9.57. The number of nitrogens with zero attached hydrogens (tertiary/aromatic N) is 1. The van der Waals surface area contributed by atoms with Crippen molar-refractivity contribution in [1.82, 2.24) is 10.5 Å². The van der Waals surface area contributed by atoms with Gasteiger partial charge in [-0.05, 0) is 37.0 Å². The van der Waals surface area contributed by atoms with E-state index >= 15 is 0 Å². The largest absolute Gasteiger partial charge is 0.396 e. The van der Waals surface area contributed by atoms with Gasteiger partial charge in [-0.2, -0.15) is 0 Å². The summed E-state index contributed by atoms with van der Waals surface area (Å²) < 4.78 is 5.27. The number of aliphatic hydroxyl groups is 1. The van der Waals surface area contributed by atoms with Crippen molar-refractivity contribution >= 4 is 0 Å². The van der Waals surface area contributed by atoms with Gasteiger partial charge < -0.3 is 14.9 Å². The topological polar surface area (TPSA) is 58.3 Å². The SMILES string of the molecule is CC1(C)[C@H](Cc2cc(CCO)on2)C[C@@H]1NC1CCCCC1. The summed E-state index contributed by atoms with van der Waals surface area (Å²) in [5.74, 6) is 1.46. The third-order valence-electron chi connectivity index (χ3n) is 5.93. The molecule has 0 amide bonds. The lowest BCUT2D eigenvalue weighted by Gasteiger charge is -2.54. The minimum Gasteiger partial charge on any atom is -0.396 e. The van der Waals surface area contributed by atoms with Gasteiger partial charge in [0.1, 0.15) is 5.76 Å². The van der Waals surface area contributed by atoms with E-state index < -0.39 is 0 Å². The zero-order chi connectivity index (χ0) is 15.6. The van der Waals surface area contributed by atoms with Gasteiger partial charge in [0.15, 0.2) is 0 Å². The van der Waals surface area contributed by atoms with Crippen molar-refractivity contribution in [2.45, 2.75) is 77.3 Å². The van der Waals surface area contributed by atoms with Crippen molar-refractivity contribution in [3.8, 4) is 0 Å². The Morgan fingerprint density at radius 1 is 1.32 bits per heavy atom. The lowest BCUT2D eigenvalue weighted by molar-refractivity contribution is 0.00398. The molecule has 1 aromatic rings. The summed E-state index contributed by atoms with van der Waals surface area (Å²) in [5.41, 5.74) is 1.37. The van der Waals surface area contributed by atoms with Crippen molar-refractivity contribution in [2.24, 2.45) is 11.3 Å². The van der Waals surface area contributed by atoms with Crippen LogP contribution in [0.1, 0.15) is 63.8 Å². The Bertz CT molecular complexity index is 477. The van der Waals surface area contributed by atoms with E-state index in [4.69, 9.17) is 9.63 Å². The Labute approximate surface area is 133 Å². The zero-order valence-corrected chi connectivity index (χ0v) is 14.0. The van der Waals surface area contributed by atoms with E-state index in [1.54, 1.807) is 0 Å². The minimum atomic E-state index is 0.122. The van der Waals surface area contributed by atoms with Crippen LogP contribution in [0, 0.1) is 11.3 Å². The van der Waals surface area contributed by atoms with Crippen molar-refractivity contribution in [3.63, 3.8) is 0 Å². The maximum absolute atomic E-state index is 8.95. The fourth-order valence-corrected chi connectivity index (χ4v) is 4.13. The molecular formula is C18H30N2O2. The Morgan fingerprint density at radius 2 is 2.09 bits per heavy atom. The van der Waals surface area contributed by atoms with Crippen LogP contribution < -0.4 is 5.32 Å². The van der Waals surface area contributed by atoms with E-state index in [9.17, 15) is 0 Å². The quantitative estimate of drug-likeness (QED) is 0.848. The van der Waals surface area contributed by atoms with Crippen molar-refractivity contribution in [1.29, 1.82) is 0 Å². The second-order valence-electron chi connectivity index (χ2n) is 7.77. The fraction of sp³-hybridized carbons (Fsp3) is 0.833. The van der Waals surface area contributed by atoms with Gasteiger partial charge >= 0.3 is 0 Å². The second-order valence-corrected chi connectivity index (χ2v) is 7.77. The summed E-state index contributed by atoms with van der Waals surface area (Å²) in [4.78, 5) is 0. The van der Waals surface area contributed by atoms with E-state index in [1.807, 2.05) is 6.07 Å². The molecule has 2 aliphatic rings. The number of hydrogen-bond donors (Lipinski definition) is 2. The number of aliphatic hydroxyl groups excluding tert-OH is 1. The molecule has 2 aliphatic carbocycles. The van der Waals surface area contributed by atoms with E-state index in [0.29, 0.717) is 23.8 Å². The highest BCUT2D eigenvalue weighted by Gasteiger charge is 2.48. The Kier molecular flexibility index (Phi) is 4.88. The molecule has 3 rings (SSSR count). The summed E-state index contributed by atoms with van der Waals surface area (Å²) in [6, 6.07) is 3.39. The van der Waals surface area contributed by atoms with Crippen LogP contribution in [0.3, 0.4) is 0 Å². The summed E-state index contributed by atoms with van der Waals surface area (Å²) in [5, 5.41) is 17.0. The Hall–Kier alpha value is -0.870. The average molecular weight is 306 g/mol. The van der Waals surface area contributed by atoms with Gasteiger partial charge in [-0.15, -0.1) is 0 Å². The fourth-order valence-electron chi connectivity index (χ4n) is 4.13. The van der Waals surface area contributed by atoms with Crippen LogP contribution in [0.5, 0.6) is 0 Å². The number of rotatable bonds is 6. The maximum atomic E-state index is 8.95. The van der Waals surface area contributed by atoms with Crippen LogP contribution in [-0.4, -0.2) is 29.0 Å². The van der Waals surface area contributed by atoms with Crippen LogP contribution in [0.2, 0.25) is 0 Å². The number of aromatic nitrogens is 1. The van der Waals surface area contributed by atoms with Crippen LogP contribution in [0.25, 0.3) is 0 Å². The van der Waals surface area contributed by atoms with Gasteiger partial charge in [-0.25, -0.2) is 0 Å². The van der Waals surface area contributed by atoms with Gasteiger partial charge in [0.05, 0.1) is 12.3 Å². The predicted octanol–water partition coefficient (Wildman–Crippen LogP) is 3.09. The Morgan fingerprint density at radius 3 is 2.77 bits per heavy atom. The number of hydrogen-bond acceptors (Lipinski definition) is 4. The molecule has 4 heteroatoms. The molecule has 4 nitrogen and oxygen atoms in total. The Balaban J connectivity index is 1.51. The maximum Gasteiger partial charge on any atom is 0.139 e. The highest BCUT2D eigenvalue weighted by Crippen LogP contribution is 2.48. The van der Waals surface area contributed by atoms with E-state index in [-0.39, 0.29) is 6.61 Å². The van der Waals surface area contributed by atoms with Crippen LogP contribution >= 0.6 is 0 Å². The smallest absolute Gasteiger partial charge is 0.139 e. The first-order valence-corrected chi connectivity index (χ1v) is 8.91. The van der Waals surface area contributed by atoms with Gasteiger partial charge in [0, 0.05) is 24.6 Å². The molecule has 1 heterocycles. The zero-order valence-electron chi connectivity index (χ0n) is 14.0. The average Bonchev–Trinajstić information content (AvgIpc) is 2.95. The van der Waals surface area contributed by atoms with Crippen LogP contribution in [0.4, 0.5) is 0 Å². The standard InChI is InChI=1S/C18H30N2O2/c1-18(2)13(10-15-12-16(8-9-21)22-20-15)11-17(18)19-14-6-4-3-5-7-14/h12-14,17,19,21H,3-11H2,1-2H3/t13-,17+/m1/s1. The molecule has 2 N–H and O–H groups in total. The highest BCUT2D eigenvalue weighted by atomic mass is 16.5. The van der Waals surface area contributed by atoms with Crippen molar-refractivity contribution in [2.75, 3.05) is 6.61 Å². The van der Waals surface area contributed by atoms with Gasteiger partial charge in [-0.1, -0.05) is 38.3 Å². The van der Waals surface area contributed by atoms with Crippen LogP contribution in [0.15, 0.2) is 10.6 Å². The molecular weight excluding hydrogens is 276 g/mol. The third kappa shape index (κ3) is 3.38. The van der Waals surface area contributed by atoms with Crippen molar-refractivity contribution in [3.05, 3.63) is 17.5 Å². The van der Waals surface area contributed by atoms with Crippen LogP contribution in [-0.2, 0) is 12.8 Å². The molecule has 0 aromatic carbocycles. The predicted molar refractivity (Wildman–Crippen MR) is 86.7 cm³/mol. The molecule has 124 valence electrons. The normalized spacial score (nSPS) is 28.5. The van der Waals surface area contributed by atoms with Gasteiger partial charge in [0.2, 0.25) is 0 Å². The molecule has 0 spiro atoms. The molecule has 1 aromatic heterocycles. The molecule has 2 saturated carbocycles. The molecule has 0 aliphatic heterocycles. The summed E-state index contributed by atoms with van der Waals surface area (Å²) in [7, 11) is 0. The van der Waals surface area contributed by atoms with Crippen molar-refractivity contribution < 1.29 is 9.63 Å². The summed E-state index contributed by atoms with van der Waals surface area (Å²) in [6.07, 6.45) is 9.69. The molecule has 2 fully saturated rings. The third-order valence-corrected chi connectivity index (χ3v) is 5.93. The summed E-state index contributed by atoms with van der Waals surface area (Å²) >= 11 is 0. The molecule has 0 unspecified atom stereocenters. The van der Waals surface area contributed by atoms with Gasteiger partial charge in [-0.3, -0.25) is 0 Å². The minimum absolute atomic E-state index is 0.122. The highest BCUT2D eigenvalue weighted by molar-refractivity contribution is 5.11. The summed E-state index contributed by atoms with van der Waals surface area (Å²) in [6.45, 7) is 4.89. The monoisotopic (exact) mass is 306 g/mol. The first-order chi connectivity index (χ1) is 10.6. The van der Waals surface area contributed by atoms with E-state index in [1.165, 1.54) is 38.5 Å². The first-order valence-electron chi connectivity index (χ1n) is 8.91. The van der Waals surface area contributed by atoms with Gasteiger partial charge in [0.25, 0.3) is 0 Å². The number of nitrogens with one attached hydrogen (secondary N) is 1. The first kappa shape index (κ1) is 16.0.